The number of halogens is 1. The first-order chi connectivity index (χ1) is 14.4. The summed E-state index contributed by atoms with van der Waals surface area (Å²) in [5.74, 6) is 0.474. The van der Waals surface area contributed by atoms with Gasteiger partial charge in [0.05, 0.1) is 32.0 Å². The molecule has 1 saturated heterocycles. The Hall–Kier alpha value is -2.59. The minimum Gasteiger partial charge on any atom is -0.403 e. The van der Waals surface area contributed by atoms with Gasteiger partial charge in [-0.2, -0.15) is 0 Å². The maximum Gasteiger partial charge on any atom is 0.530 e. The van der Waals surface area contributed by atoms with Gasteiger partial charge in [0, 0.05) is 12.0 Å². The molecule has 4 atom stereocenters. The molecule has 1 fully saturated rings. The van der Waals surface area contributed by atoms with Crippen LogP contribution in [0.2, 0.25) is 0 Å². The number of aryl methyl sites for hydroxylation is 1. The molecule has 2 aromatic heterocycles. The van der Waals surface area contributed by atoms with Crippen LogP contribution in [0.4, 0.5) is 4.39 Å². The summed E-state index contributed by atoms with van der Waals surface area (Å²) in [6.07, 6.45) is -0.592. The van der Waals surface area contributed by atoms with Crippen LogP contribution in [0.15, 0.2) is 35.6 Å². The molecule has 10 nitrogen and oxygen atoms in total. The van der Waals surface area contributed by atoms with Crippen molar-refractivity contribution in [2.24, 2.45) is 0 Å². The molecule has 2 aliphatic heterocycles. The third kappa shape index (κ3) is 3.33. The molecule has 158 valence electrons. The first-order valence-corrected chi connectivity index (χ1v) is 10.8. The average Bonchev–Trinajstić information content (AvgIpc) is 3.31. The Balaban J connectivity index is 1.28. The van der Waals surface area contributed by atoms with Gasteiger partial charge in [-0.05, 0) is 12.5 Å². The van der Waals surface area contributed by atoms with E-state index in [9.17, 15) is 13.8 Å². The van der Waals surface area contributed by atoms with Crippen LogP contribution in [-0.2, 0) is 25.0 Å². The molecule has 0 spiro atoms. The highest BCUT2D eigenvalue weighted by atomic mass is 31.2. The number of hydrogen-bond acceptors (Lipinski definition) is 8. The van der Waals surface area contributed by atoms with Gasteiger partial charge in [-0.1, -0.05) is 18.2 Å². The number of benzene rings is 1. The maximum atomic E-state index is 14.7. The summed E-state index contributed by atoms with van der Waals surface area (Å²) in [6, 6.07) is 5.51. The third-order valence-electron chi connectivity index (χ3n) is 5.06. The zero-order chi connectivity index (χ0) is 20.9. The molecular weight excluding hydrogens is 418 g/mol. The number of aromatic nitrogens is 4. The Morgan fingerprint density at radius 3 is 3.13 bits per heavy atom. The van der Waals surface area contributed by atoms with E-state index in [4.69, 9.17) is 18.3 Å². The second-order valence-corrected chi connectivity index (χ2v) is 8.72. The molecule has 0 bridgehead atoms. The van der Waals surface area contributed by atoms with E-state index in [1.165, 1.54) is 17.2 Å². The lowest BCUT2D eigenvalue weighted by atomic mass is 10.1. The number of rotatable bonds is 4. The van der Waals surface area contributed by atoms with Gasteiger partial charge in [-0.15, -0.1) is 0 Å². The highest BCUT2D eigenvalue weighted by Gasteiger charge is 2.41. The summed E-state index contributed by atoms with van der Waals surface area (Å²) >= 11 is 0. The molecule has 5 rings (SSSR count). The molecule has 3 aromatic rings. The van der Waals surface area contributed by atoms with Crippen molar-refractivity contribution < 1.29 is 27.3 Å². The van der Waals surface area contributed by atoms with E-state index in [1.54, 1.807) is 0 Å². The molecule has 12 heteroatoms. The van der Waals surface area contributed by atoms with Gasteiger partial charge >= 0.3 is 7.82 Å². The van der Waals surface area contributed by atoms with E-state index in [0.29, 0.717) is 5.75 Å². The molecule has 1 N–H and O–H groups in total. The lowest BCUT2D eigenvalue weighted by Crippen LogP contribution is -2.19. The zero-order valence-electron chi connectivity index (χ0n) is 15.9. The lowest BCUT2D eigenvalue weighted by Gasteiger charge is -2.26. The molecule has 0 radical (unpaired) electrons. The fourth-order valence-corrected chi connectivity index (χ4v) is 4.90. The van der Waals surface area contributed by atoms with Gasteiger partial charge in [0.25, 0.3) is 5.56 Å². The molecule has 3 unspecified atom stereocenters. The van der Waals surface area contributed by atoms with E-state index in [1.807, 2.05) is 25.1 Å². The van der Waals surface area contributed by atoms with E-state index in [0.717, 1.165) is 11.1 Å². The van der Waals surface area contributed by atoms with Crippen molar-refractivity contribution in [1.29, 1.82) is 0 Å². The molecule has 0 aliphatic carbocycles. The van der Waals surface area contributed by atoms with Crippen LogP contribution in [0.5, 0.6) is 5.75 Å². The molecule has 30 heavy (non-hydrogen) atoms. The Morgan fingerprint density at radius 1 is 1.40 bits per heavy atom. The van der Waals surface area contributed by atoms with Crippen molar-refractivity contribution in [3.8, 4) is 5.75 Å². The number of nitrogens with zero attached hydrogens (tertiary/aromatic N) is 3. The van der Waals surface area contributed by atoms with E-state index >= 15 is 0 Å². The van der Waals surface area contributed by atoms with Gasteiger partial charge in [0.2, 0.25) is 0 Å². The van der Waals surface area contributed by atoms with Crippen LogP contribution in [0.3, 0.4) is 0 Å². The summed E-state index contributed by atoms with van der Waals surface area (Å²) < 4.78 is 50.8. The molecule has 2 aliphatic rings. The summed E-state index contributed by atoms with van der Waals surface area (Å²) in [5.41, 5.74) is 1.48. The predicted molar refractivity (Wildman–Crippen MR) is 102 cm³/mol. The van der Waals surface area contributed by atoms with E-state index in [-0.39, 0.29) is 30.8 Å². The Labute approximate surface area is 169 Å². The first kappa shape index (κ1) is 19.4. The molecular formula is C18H18FN4O6P. The van der Waals surface area contributed by atoms with Gasteiger partial charge in [0.1, 0.15) is 11.9 Å². The molecule has 0 saturated carbocycles. The molecule has 4 heterocycles. The van der Waals surface area contributed by atoms with E-state index in [2.05, 4.69) is 15.0 Å². The van der Waals surface area contributed by atoms with Crippen molar-refractivity contribution in [3.05, 3.63) is 52.3 Å². The van der Waals surface area contributed by atoms with Crippen molar-refractivity contribution in [2.75, 3.05) is 6.61 Å². The van der Waals surface area contributed by atoms with Crippen molar-refractivity contribution in [2.45, 2.75) is 38.5 Å². The van der Waals surface area contributed by atoms with Gasteiger partial charge in [0.15, 0.2) is 17.4 Å². The van der Waals surface area contributed by atoms with Gasteiger partial charge in [-0.25, -0.2) is 18.9 Å². The number of imidazole rings is 1. The largest absolute Gasteiger partial charge is 0.530 e. The number of ether oxygens (including phenoxy) is 1. The summed E-state index contributed by atoms with van der Waals surface area (Å²) in [5, 5.41) is 0. The van der Waals surface area contributed by atoms with Crippen molar-refractivity contribution >= 4 is 19.0 Å². The number of phosphoric acid groups is 1. The van der Waals surface area contributed by atoms with Crippen LogP contribution < -0.4 is 10.1 Å². The van der Waals surface area contributed by atoms with Crippen molar-refractivity contribution in [1.82, 2.24) is 19.5 Å². The van der Waals surface area contributed by atoms with Crippen LogP contribution in [0, 0.1) is 6.92 Å². The van der Waals surface area contributed by atoms with Crippen LogP contribution in [0.25, 0.3) is 11.2 Å². The molecule has 0 amide bonds. The molecule has 1 aromatic carbocycles. The van der Waals surface area contributed by atoms with Crippen LogP contribution in [0.1, 0.15) is 23.8 Å². The standard InChI is InChI=1S/C18H18FN4O6P/c1-10-3-2-4-11-6-26-30(25,29-15(10)11)27-7-12-5-13(19)18(28-12)23-9-22-14-16(23)20-8-21-17(14)24/h2-4,8-9,12-13,18H,5-7H2,1H3,(H,20,21,24)/t12?,13-,18?,30?/m1/s1. The summed E-state index contributed by atoms with van der Waals surface area (Å²) in [4.78, 5) is 22.2. The summed E-state index contributed by atoms with van der Waals surface area (Å²) in [7, 11) is -3.85. The second-order valence-electron chi connectivity index (χ2n) is 7.13. The zero-order valence-corrected chi connectivity index (χ0v) is 16.8. The highest BCUT2D eigenvalue weighted by molar-refractivity contribution is 7.49. The Kier molecular flexibility index (Phi) is 4.70. The van der Waals surface area contributed by atoms with Gasteiger partial charge in [-0.3, -0.25) is 18.4 Å². The number of H-pyrrole nitrogens is 1. The average molecular weight is 436 g/mol. The predicted octanol–water partition coefficient (Wildman–Crippen LogP) is 2.79. The number of aromatic amines is 1. The smallest absolute Gasteiger partial charge is 0.403 e. The normalized spacial score (nSPS) is 28.4. The maximum absolute atomic E-state index is 14.7. The number of phosphoric ester groups is 1. The Morgan fingerprint density at radius 2 is 2.27 bits per heavy atom. The topological polar surface area (TPSA) is 118 Å². The monoisotopic (exact) mass is 436 g/mol. The SMILES string of the molecule is Cc1cccc2c1OP(=O)(OCC1C[C@@H](F)C(n3cnc4c(=O)[nH]cnc43)O1)OC2. The van der Waals surface area contributed by atoms with Crippen LogP contribution >= 0.6 is 7.82 Å². The highest BCUT2D eigenvalue weighted by Crippen LogP contribution is 2.55. The lowest BCUT2D eigenvalue weighted by molar-refractivity contribution is -0.0362. The fourth-order valence-electron chi connectivity index (χ4n) is 3.58. The van der Waals surface area contributed by atoms with E-state index < -0.39 is 31.9 Å². The second kappa shape index (κ2) is 7.28. The number of fused-ring (bicyclic) bond motifs is 2. The fraction of sp³-hybridized carbons (Fsp3) is 0.389. The number of nitrogens with one attached hydrogen (secondary N) is 1. The number of para-hydroxylation sites is 1. The van der Waals surface area contributed by atoms with Gasteiger partial charge < -0.3 is 14.2 Å². The van der Waals surface area contributed by atoms with Crippen molar-refractivity contribution in [3.63, 3.8) is 0 Å². The minimum atomic E-state index is -3.85. The quantitative estimate of drug-likeness (QED) is 0.621. The Bertz CT molecular complexity index is 1210. The third-order valence-corrected chi connectivity index (χ3v) is 6.38. The summed E-state index contributed by atoms with van der Waals surface area (Å²) in [6.45, 7) is 1.74. The number of hydrogen-bond donors (Lipinski definition) is 1. The van der Waals surface area contributed by atoms with Crippen LogP contribution in [-0.4, -0.2) is 38.4 Å². The number of alkyl halides is 1. The first-order valence-electron chi connectivity index (χ1n) is 9.30. The minimum absolute atomic E-state index is 0.00312.